The lowest BCUT2D eigenvalue weighted by atomic mass is 10.0. The van der Waals surface area contributed by atoms with Crippen LogP contribution in [0.25, 0.3) is 0 Å². The lowest BCUT2D eigenvalue weighted by Gasteiger charge is -2.32. The van der Waals surface area contributed by atoms with Gasteiger partial charge in [0.25, 0.3) is 0 Å². The van der Waals surface area contributed by atoms with Gasteiger partial charge in [-0.3, -0.25) is 9.59 Å². The van der Waals surface area contributed by atoms with Gasteiger partial charge in [-0.2, -0.15) is 0 Å². The Labute approximate surface area is 149 Å². The fourth-order valence-corrected chi connectivity index (χ4v) is 2.79. The first-order chi connectivity index (χ1) is 11.9. The predicted molar refractivity (Wildman–Crippen MR) is 96.2 cm³/mol. The molecule has 1 aliphatic heterocycles. The van der Waals surface area contributed by atoms with Crippen LogP contribution in [0.3, 0.4) is 0 Å². The van der Waals surface area contributed by atoms with E-state index < -0.39 is 6.04 Å². The molecule has 7 nitrogen and oxygen atoms in total. The molecule has 2 heterocycles. The van der Waals surface area contributed by atoms with Crippen molar-refractivity contribution in [3.05, 3.63) is 23.9 Å². The highest BCUT2D eigenvalue weighted by Crippen LogP contribution is 2.15. The Morgan fingerprint density at radius 3 is 2.72 bits per heavy atom. The maximum absolute atomic E-state index is 12.3. The van der Waals surface area contributed by atoms with E-state index >= 15 is 0 Å². The van der Waals surface area contributed by atoms with E-state index in [0.29, 0.717) is 13.2 Å². The van der Waals surface area contributed by atoms with Gasteiger partial charge >= 0.3 is 0 Å². The van der Waals surface area contributed by atoms with E-state index in [4.69, 9.17) is 4.74 Å². The third-order valence-electron chi connectivity index (χ3n) is 4.15. The first kappa shape index (κ1) is 19.2. The van der Waals surface area contributed by atoms with Crippen LogP contribution in [-0.4, -0.2) is 48.6 Å². The number of pyridine rings is 1. The number of aromatic nitrogens is 1. The average molecular weight is 348 g/mol. The number of nitrogens with one attached hydrogen (secondary N) is 2. The number of anilines is 1. The molecule has 2 rings (SSSR count). The molecule has 0 bridgehead atoms. The normalized spacial score (nSPS) is 18.8. The van der Waals surface area contributed by atoms with Gasteiger partial charge in [-0.15, -0.1) is 0 Å². The molecule has 25 heavy (non-hydrogen) atoms. The zero-order valence-electron chi connectivity index (χ0n) is 15.4. The molecular formula is C18H28N4O3. The Balaban J connectivity index is 1.90. The standard InChI is InChI=1S/C18H28N4O3/c1-12(2)17(21-14(4)23)18(24)20-10-15-5-6-16(19-9-15)22-7-8-25-13(3)11-22/h5-6,9,12-13,17H,7-8,10-11H2,1-4H3,(H,20,24)(H,21,23). The van der Waals surface area contributed by atoms with Crippen molar-refractivity contribution in [1.82, 2.24) is 15.6 Å². The van der Waals surface area contributed by atoms with Crippen molar-refractivity contribution >= 4 is 17.6 Å². The van der Waals surface area contributed by atoms with Crippen molar-refractivity contribution in [3.8, 4) is 0 Å². The number of carbonyl (C=O) groups excluding carboxylic acids is 2. The molecule has 2 amide bonds. The summed E-state index contributed by atoms with van der Waals surface area (Å²) in [5.41, 5.74) is 0.920. The highest BCUT2D eigenvalue weighted by Gasteiger charge is 2.22. The number of morpholine rings is 1. The summed E-state index contributed by atoms with van der Waals surface area (Å²) in [5.74, 6) is 0.548. The topological polar surface area (TPSA) is 83.6 Å². The monoisotopic (exact) mass is 348 g/mol. The molecule has 138 valence electrons. The molecule has 7 heteroatoms. The van der Waals surface area contributed by atoms with Crippen LogP contribution in [-0.2, 0) is 20.9 Å². The second kappa shape index (κ2) is 8.80. The molecule has 2 atom stereocenters. The van der Waals surface area contributed by atoms with Gasteiger partial charge in [0.05, 0.1) is 12.7 Å². The lowest BCUT2D eigenvalue weighted by Crippen LogP contribution is -2.48. The first-order valence-electron chi connectivity index (χ1n) is 8.73. The second-order valence-electron chi connectivity index (χ2n) is 6.79. The summed E-state index contributed by atoms with van der Waals surface area (Å²) in [7, 11) is 0. The minimum Gasteiger partial charge on any atom is -0.375 e. The summed E-state index contributed by atoms with van der Waals surface area (Å²) in [6.07, 6.45) is 1.98. The molecule has 0 saturated carbocycles. The predicted octanol–water partition coefficient (Wildman–Crippen LogP) is 1.08. The van der Waals surface area contributed by atoms with Gasteiger partial charge in [0.2, 0.25) is 11.8 Å². The van der Waals surface area contributed by atoms with Crippen LogP contribution in [0.5, 0.6) is 0 Å². The van der Waals surface area contributed by atoms with E-state index in [-0.39, 0.29) is 23.8 Å². The highest BCUT2D eigenvalue weighted by molar-refractivity contribution is 5.87. The molecule has 1 aliphatic rings. The van der Waals surface area contributed by atoms with E-state index in [1.807, 2.05) is 26.0 Å². The summed E-state index contributed by atoms with van der Waals surface area (Å²) < 4.78 is 5.54. The molecule has 1 aromatic rings. The third kappa shape index (κ3) is 5.70. The molecule has 0 aromatic carbocycles. The lowest BCUT2D eigenvalue weighted by molar-refractivity contribution is -0.129. The van der Waals surface area contributed by atoms with Crippen molar-refractivity contribution in [3.63, 3.8) is 0 Å². The van der Waals surface area contributed by atoms with Crippen LogP contribution in [0.4, 0.5) is 5.82 Å². The SMILES string of the molecule is CC(=O)NC(C(=O)NCc1ccc(N2CCOC(C)C2)nc1)C(C)C. The molecule has 1 fully saturated rings. The number of ether oxygens (including phenoxy) is 1. The minimum absolute atomic E-state index is 0.0210. The smallest absolute Gasteiger partial charge is 0.243 e. The molecular weight excluding hydrogens is 320 g/mol. The van der Waals surface area contributed by atoms with Crippen molar-refractivity contribution < 1.29 is 14.3 Å². The summed E-state index contributed by atoms with van der Waals surface area (Å²) in [6, 6.07) is 3.40. The van der Waals surface area contributed by atoms with E-state index in [1.165, 1.54) is 6.92 Å². The molecule has 0 radical (unpaired) electrons. The van der Waals surface area contributed by atoms with E-state index in [9.17, 15) is 9.59 Å². The van der Waals surface area contributed by atoms with E-state index in [2.05, 4.69) is 27.4 Å². The Morgan fingerprint density at radius 1 is 1.40 bits per heavy atom. The van der Waals surface area contributed by atoms with Crippen molar-refractivity contribution in [2.24, 2.45) is 5.92 Å². The quantitative estimate of drug-likeness (QED) is 0.804. The van der Waals surface area contributed by atoms with Gasteiger partial charge in [-0.25, -0.2) is 4.98 Å². The minimum atomic E-state index is -0.528. The van der Waals surface area contributed by atoms with Gasteiger partial charge in [0.15, 0.2) is 0 Å². The van der Waals surface area contributed by atoms with Crippen LogP contribution < -0.4 is 15.5 Å². The van der Waals surface area contributed by atoms with Crippen LogP contribution >= 0.6 is 0 Å². The molecule has 2 unspecified atom stereocenters. The molecule has 1 saturated heterocycles. The highest BCUT2D eigenvalue weighted by atomic mass is 16.5. The Kier molecular flexibility index (Phi) is 6.75. The molecule has 0 spiro atoms. The average Bonchev–Trinajstić information content (AvgIpc) is 2.57. The van der Waals surface area contributed by atoms with Gasteiger partial charge in [0.1, 0.15) is 11.9 Å². The molecule has 0 aliphatic carbocycles. The van der Waals surface area contributed by atoms with Gasteiger partial charge < -0.3 is 20.3 Å². The summed E-state index contributed by atoms with van der Waals surface area (Å²) in [6.45, 7) is 10.0. The Hall–Kier alpha value is -2.15. The maximum Gasteiger partial charge on any atom is 0.243 e. The van der Waals surface area contributed by atoms with Gasteiger partial charge in [-0.1, -0.05) is 19.9 Å². The third-order valence-corrected chi connectivity index (χ3v) is 4.15. The second-order valence-corrected chi connectivity index (χ2v) is 6.79. The van der Waals surface area contributed by atoms with Crippen molar-refractivity contribution in [2.75, 3.05) is 24.6 Å². The number of amides is 2. The van der Waals surface area contributed by atoms with E-state index in [0.717, 1.165) is 24.5 Å². The Bertz CT molecular complexity index is 588. The summed E-state index contributed by atoms with van der Waals surface area (Å²) >= 11 is 0. The van der Waals surface area contributed by atoms with Gasteiger partial charge in [0, 0.05) is 32.8 Å². The maximum atomic E-state index is 12.3. The Morgan fingerprint density at radius 2 is 2.16 bits per heavy atom. The van der Waals surface area contributed by atoms with Gasteiger partial charge in [-0.05, 0) is 24.5 Å². The fraction of sp³-hybridized carbons (Fsp3) is 0.611. The number of nitrogens with zero attached hydrogens (tertiary/aromatic N) is 2. The van der Waals surface area contributed by atoms with Crippen LogP contribution in [0.2, 0.25) is 0 Å². The number of rotatable bonds is 6. The molecule has 1 aromatic heterocycles. The van der Waals surface area contributed by atoms with E-state index in [1.54, 1.807) is 6.20 Å². The van der Waals surface area contributed by atoms with Crippen LogP contribution in [0, 0.1) is 5.92 Å². The fourth-order valence-electron chi connectivity index (χ4n) is 2.79. The van der Waals surface area contributed by atoms with Crippen molar-refractivity contribution in [1.29, 1.82) is 0 Å². The summed E-state index contributed by atoms with van der Waals surface area (Å²) in [5, 5.41) is 5.55. The summed E-state index contributed by atoms with van der Waals surface area (Å²) in [4.78, 5) is 30.2. The van der Waals surface area contributed by atoms with Crippen LogP contribution in [0.1, 0.15) is 33.3 Å². The zero-order valence-corrected chi connectivity index (χ0v) is 15.4. The zero-order chi connectivity index (χ0) is 18.4. The van der Waals surface area contributed by atoms with Crippen molar-refractivity contribution in [2.45, 2.75) is 46.4 Å². The van der Waals surface area contributed by atoms with Crippen LogP contribution in [0.15, 0.2) is 18.3 Å². The largest absolute Gasteiger partial charge is 0.375 e. The first-order valence-corrected chi connectivity index (χ1v) is 8.73. The number of hydrogen-bond donors (Lipinski definition) is 2. The number of hydrogen-bond acceptors (Lipinski definition) is 5. The number of carbonyl (C=O) groups is 2. The molecule has 2 N–H and O–H groups in total.